The summed E-state index contributed by atoms with van der Waals surface area (Å²) in [6.07, 6.45) is 1.00. The number of aliphatic imine (C=N–C) groups is 1. The summed E-state index contributed by atoms with van der Waals surface area (Å²) in [5.41, 5.74) is 1.11. The lowest BCUT2D eigenvalue weighted by atomic mass is 10.1. The van der Waals surface area contributed by atoms with Crippen molar-refractivity contribution in [1.82, 2.24) is 20.0 Å². The Balaban J connectivity index is 0.00000512. The first-order valence-corrected chi connectivity index (χ1v) is 10.7. The number of amides is 1. The third-order valence-corrected chi connectivity index (χ3v) is 5.20. The molecule has 9 nitrogen and oxygen atoms in total. The minimum absolute atomic E-state index is 0. The minimum Gasteiger partial charge on any atom is -0.493 e. The van der Waals surface area contributed by atoms with Crippen molar-refractivity contribution in [2.24, 2.45) is 4.99 Å². The van der Waals surface area contributed by atoms with Crippen molar-refractivity contribution in [3.8, 4) is 17.2 Å². The predicted molar refractivity (Wildman–Crippen MR) is 138 cm³/mol. The molecule has 0 aromatic heterocycles. The summed E-state index contributed by atoms with van der Waals surface area (Å²) < 4.78 is 16.4. The van der Waals surface area contributed by atoms with Crippen molar-refractivity contribution >= 4 is 35.8 Å². The quantitative estimate of drug-likeness (QED) is 0.280. The Labute approximate surface area is 209 Å². The van der Waals surface area contributed by atoms with Gasteiger partial charge in [0.1, 0.15) is 6.54 Å². The summed E-state index contributed by atoms with van der Waals surface area (Å²) in [5.74, 6) is 2.74. The van der Waals surface area contributed by atoms with E-state index in [2.05, 4.69) is 27.0 Å². The molecular weight excluding hydrogens is 525 g/mol. The van der Waals surface area contributed by atoms with E-state index in [0.717, 1.165) is 57.2 Å². The number of guanidine groups is 1. The van der Waals surface area contributed by atoms with Crippen LogP contribution >= 0.6 is 24.0 Å². The number of benzene rings is 1. The molecule has 182 valence electrons. The number of piperazine rings is 1. The fraction of sp³-hybridized carbons (Fsp3) is 0.636. The van der Waals surface area contributed by atoms with Crippen LogP contribution in [-0.4, -0.2) is 101 Å². The van der Waals surface area contributed by atoms with Gasteiger partial charge in [-0.2, -0.15) is 0 Å². The molecule has 1 heterocycles. The molecule has 32 heavy (non-hydrogen) atoms. The first-order chi connectivity index (χ1) is 14.9. The first-order valence-electron chi connectivity index (χ1n) is 10.7. The van der Waals surface area contributed by atoms with Crippen molar-refractivity contribution in [1.29, 1.82) is 0 Å². The van der Waals surface area contributed by atoms with E-state index >= 15 is 0 Å². The van der Waals surface area contributed by atoms with Crippen LogP contribution in [0.5, 0.6) is 17.2 Å². The van der Waals surface area contributed by atoms with Crippen LogP contribution in [0, 0.1) is 0 Å². The molecule has 1 fully saturated rings. The molecule has 0 spiro atoms. The molecule has 0 radical (unpaired) electrons. The second-order valence-electron chi connectivity index (χ2n) is 7.65. The van der Waals surface area contributed by atoms with Crippen molar-refractivity contribution in [3.63, 3.8) is 0 Å². The van der Waals surface area contributed by atoms with Gasteiger partial charge in [0.25, 0.3) is 0 Å². The molecule has 0 saturated carbocycles. The van der Waals surface area contributed by atoms with E-state index in [4.69, 9.17) is 14.2 Å². The smallest absolute Gasteiger partial charge is 0.243 e. The molecule has 1 amide bonds. The number of methoxy groups -OCH3 is 3. The van der Waals surface area contributed by atoms with Crippen molar-refractivity contribution in [2.45, 2.75) is 19.9 Å². The second kappa shape index (κ2) is 14.2. The van der Waals surface area contributed by atoms with Crippen LogP contribution in [0.25, 0.3) is 0 Å². The zero-order chi connectivity index (χ0) is 22.8. The third-order valence-electron chi connectivity index (χ3n) is 5.20. The standard InChI is InChI=1S/C22H37N5O4.HI/c1-7-8-23-22(24-15-20(28)25(2)3)27-11-9-26(10-12-27)16-17-13-18(29-4)21(31-6)19(14-17)30-5;/h13-14H,7-12,15-16H2,1-6H3,(H,23,24);1H. The lowest BCUT2D eigenvalue weighted by molar-refractivity contribution is -0.127. The topological polar surface area (TPSA) is 78.9 Å². The summed E-state index contributed by atoms with van der Waals surface area (Å²) >= 11 is 0. The zero-order valence-corrected chi connectivity index (χ0v) is 22.5. The Bertz CT molecular complexity index is 727. The number of likely N-dealkylation sites (N-methyl/N-ethyl adjacent to an activating group) is 1. The number of hydrogen-bond donors (Lipinski definition) is 1. The van der Waals surface area contributed by atoms with Gasteiger partial charge in [-0.15, -0.1) is 24.0 Å². The number of halogens is 1. The van der Waals surface area contributed by atoms with Gasteiger partial charge in [-0.05, 0) is 24.1 Å². The van der Waals surface area contributed by atoms with Gasteiger partial charge in [0.2, 0.25) is 11.7 Å². The highest BCUT2D eigenvalue weighted by Crippen LogP contribution is 2.38. The summed E-state index contributed by atoms with van der Waals surface area (Å²) in [5, 5.41) is 3.38. The second-order valence-corrected chi connectivity index (χ2v) is 7.65. The number of carbonyl (C=O) groups is 1. The number of nitrogens with zero attached hydrogens (tertiary/aromatic N) is 4. The van der Waals surface area contributed by atoms with Gasteiger partial charge in [-0.25, -0.2) is 4.99 Å². The number of rotatable bonds is 9. The highest BCUT2D eigenvalue weighted by atomic mass is 127. The van der Waals surface area contributed by atoms with E-state index < -0.39 is 0 Å². The van der Waals surface area contributed by atoms with Crippen LogP contribution in [0.15, 0.2) is 17.1 Å². The lowest BCUT2D eigenvalue weighted by Crippen LogP contribution is -2.52. The monoisotopic (exact) mass is 563 g/mol. The number of nitrogens with one attached hydrogen (secondary N) is 1. The normalized spacial score (nSPS) is 14.4. The maximum Gasteiger partial charge on any atom is 0.243 e. The molecule has 1 saturated heterocycles. The van der Waals surface area contributed by atoms with Crippen LogP contribution in [0.2, 0.25) is 0 Å². The Kier molecular flexibility index (Phi) is 12.5. The highest BCUT2D eigenvalue weighted by Gasteiger charge is 2.21. The lowest BCUT2D eigenvalue weighted by Gasteiger charge is -2.36. The largest absolute Gasteiger partial charge is 0.493 e. The number of ether oxygens (including phenoxy) is 3. The first kappa shape index (κ1) is 28.1. The Hall–Kier alpha value is -1.95. The summed E-state index contributed by atoms with van der Waals surface area (Å²) in [4.78, 5) is 22.7. The van der Waals surface area contributed by atoms with Crippen LogP contribution < -0.4 is 19.5 Å². The van der Waals surface area contributed by atoms with Gasteiger partial charge in [-0.1, -0.05) is 6.92 Å². The van der Waals surface area contributed by atoms with Gasteiger partial charge >= 0.3 is 0 Å². The van der Waals surface area contributed by atoms with E-state index in [-0.39, 0.29) is 36.4 Å². The van der Waals surface area contributed by atoms with Crippen LogP contribution in [0.3, 0.4) is 0 Å². The molecular formula is C22H38IN5O4. The highest BCUT2D eigenvalue weighted by molar-refractivity contribution is 14.0. The zero-order valence-electron chi connectivity index (χ0n) is 20.1. The van der Waals surface area contributed by atoms with Gasteiger partial charge in [0, 0.05) is 53.4 Å². The Morgan fingerprint density at radius 2 is 1.66 bits per heavy atom. The average Bonchev–Trinajstić information content (AvgIpc) is 2.78. The summed E-state index contributed by atoms with van der Waals surface area (Å²) in [6.45, 7) is 7.37. The summed E-state index contributed by atoms with van der Waals surface area (Å²) in [6, 6.07) is 3.99. The van der Waals surface area contributed by atoms with Gasteiger partial charge in [0.05, 0.1) is 21.3 Å². The third kappa shape index (κ3) is 7.88. The molecule has 0 bridgehead atoms. The van der Waals surface area contributed by atoms with Gasteiger partial charge in [-0.3, -0.25) is 9.69 Å². The van der Waals surface area contributed by atoms with E-state index in [1.54, 1.807) is 40.3 Å². The van der Waals surface area contributed by atoms with Gasteiger partial charge in [0.15, 0.2) is 17.5 Å². The van der Waals surface area contributed by atoms with Crippen molar-refractivity contribution < 1.29 is 19.0 Å². The molecule has 1 N–H and O–H groups in total. The van der Waals surface area contributed by atoms with Crippen LogP contribution in [0.4, 0.5) is 0 Å². The Morgan fingerprint density at radius 1 is 1.06 bits per heavy atom. The molecule has 0 unspecified atom stereocenters. The molecule has 2 rings (SSSR count). The van der Waals surface area contributed by atoms with E-state index in [1.165, 1.54) is 0 Å². The van der Waals surface area contributed by atoms with Crippen molar-refractivity contribution in [3.05, 3.63) is 17.7 Å². The minimum atomic E-state index is -0.00293. The number of hydrogen-bond acceptors (Lipinski definition) is 6. The van der Waals surface area contributed by atoms with Gasteiger partial charge < -0.3 is 29.3 Å². The molecule has 1 aliphatic rings. The molecule has 0 aliphatic carbocycles. The molecule has 10 heteroatoms. The van der Waals surface area contributed by atoms with Crippen LogP contribution in [0.1, 0.15) is 18.9 Å². The molecule has 1 aromatic carbocycles. The fourth-order valence-corrected chi connectivity index (χ4v) is 3.39. The SMILES string of the molecule is CCCNC(=NCC(=O)N(C)C)N1CCN(Cc2cc(OC)c(OC)c(OC)c2)CC1.I. The fourth-order valence-electron chi connectivity index (χ4n) is 3.39. The maximum absolute atomic E-state index is 11.9. The molecule has 0 atom stereocenters. The molecule has 1 aliphatic heterocycles. The number of carbonyl (C=O) groups excluding carboxylic acids is 1. The van der Waals surface area contributed by atoms with E-state index in [1.807, 2.05) is 12.1 Å². The van der Waals surface area contributed by atoms with E-state index in [0.29, 0.717) is 17.2 Å². The average molecular weight is 563 g/mol. The predicted octanol–water partition coefficient (Wildman–Crippen LogP) is 1.89. The molecule has 1 aromatic rings. The van der Waals surface area contributed by atoms with E-state index in [9.17, 15) is 4.79 Å². The maximum atomic E-state index is 11.9. The Morgan fingerprint density at radius 3 is 2.12 bits per heavy atom. The van der Waals surface area contributed by atoms with Crippen molar-refractivity contribution in [2.75, 3.05) is 74.7 Å². The summed E-state index contributed by atoms with van der Waals surface area (Å²) in [7, 11) is 8.37. The van der Waals surface area contributed by atoms with Crippen LogP contribution in [-0.2, 0) is 11.3 Å².